The van der Waals surface area contributed by atoms with Crippen LogP contribution in [0.5, 0.6) is 0 Å². The molecule has 3 aromatic carbocycles. The van der Waals surface area contributed by atoms with Gasteiger partial charge in [-0.3, -0.25) is 4.18 Å². The van der Waals surface area contributed by atoms with Crippen LogP contribution in [-0.2, 0) is 48.3 Å². The average Bonchev–Trinajstić information content (AvgIpc) is 3.08. The van der Waals surface area contributed by atoms with Gasteiger partial charge in [0, 0.05) is 0 Å². The van der Waals surface area contributed by atoms with Crippen molar-refractivity contribution in [2.75, 3.05) is 12.9 Å². The van der Waals surface area contributed by atoms with Crippen LogP contribution in [0.25, 0.3) is 0 Å². The van der Waals surface area contributed by atoms with Crippen molar-refractivity contribution in [2.24, 2.45) is 0 Å². The molecule has 0 fully saturated rings. The Kier molecular flexibility index (Phi) is 19.3. The molecule has 3 aromatic rings. The molecule has 0 aliphatic heterocycles. The van der Waals surface area contributed by atoms with E-state index in [0.29, 0.717) is 19.6 Å². The first kappa shape index (κ1) is 38.6. The van der Waals surface area contributed by atoms with Crippen LogP contribution in [0.1, 0.15) is 94.2 Å². The van der Waals surface area contributed by atoms with Gasteiger partial charge < -0.3 is 14.2 Å². The van der Waals surface area contributed by atoms with Gasteiger partial charge in [-0.1, -0.05) is 161 Å². The largest absolute Gasteiger partial charge is 0.374 e. The SMILES string of the molecule is CCCCCCCCCCC/C=C/C[C@@H](OCc1ccccc1)[C@@H](OCc1ccccc1)[C@@H](COCc1ccccc1)OS(C)(=O)=O. The van der Waals surface area contributed by atoms with Crippen LogP contribution in [0.3, 0.4) is 0 Å². The fourth-order valence-electron chi connectivity index (χ4n) is 5.49. The summed E-state index contributed by atoms with van der Waals surface area (Å²) in [6, 6.07) is 29.6. The first-order chi connectivity index (χ1) is 22.9. The van der Waals surface area contributed by atoms with Crippen molar-refractivity contribution >= 4 is 10.1 Å². The molecule has 0 unspecified atom stereocenters. The van der Waals surface area contributed by atoms with Crippen molar-refractivity contribution in [2.45, 2.75) is 116 Å². The number of hydrogen-bond acceptors (Lipinski definition) is 6. The fourth-order valence-corrected chi connectivity index (χ4v) is 6.10. The van der Waals surface area contributed by atoms with Gasteiger partial charge in [-0.05, 0) is 36.0 Å². The Bertz CT molecular complexity index is 1310. The maximum Gasteiger partial charge on any atom is 0.264 e. The molecule has 6 nitrogen and oxygen atoms in total. The number of allylic oxidation sites excluding steroid dienone is 1. The molecule has 258 valence electrons. The molecule has 47 heavy (non-hydrogen) atoms. The first-order valence-electron chi connectivity index (χ1n) is 17.4. The lowest BCUT2D eigenvalue weighted by molar-refractivity contribution is -0.138. The molecule has 0 radical (unpaired) electrons. The molecule has 0 aliphatic carbocycles. The second-order valence-electron chi connectivity index (χ2n) is 12.3. The van der Waals surface area contributed by atoms with Crippen LogP contribution in [0.15, 0.2) is 103 Å². The molecule has 3 rings (SSSR count). The highest BCUT2D eigenvalue weighted by atomic mass is 32.2. The van der Waals surface area contributed by atoms with Crippen molar-refractivity contribution in [1.29, 1.82) is 0 Å². The van der Waals surface area contributed by atoms with Gasteiger partial charge in [0.2, 0.25) is 0 Å². The molecule has 7 heteroatoms. The van der Waals surface area contributed by atoms with E-state index in [0.717, 1.165) is 35.8 Å². The third kappa shape index (κ3) is 17.8. The van der Waals surface area contributed by atoms with Crippen molar-refractivity contribution < 1.29 is 26.8 Å². The van der Waals surface area contributed by atoms with Crippen LogP contribution in [0.4, 0.5) is 0 Å². The summed E-state index contributed by atoms with van der Waals surface area (Å²) in [5.74, 6) is 0. The van der Waals surface area contributed by atoms with E-state index in [1.54, 1.807) is 0 Å². The first-order valence-corrected chi connectivity index (χ1v) is 19.2. The summed E-state index contributed by atoms with van der Waals surface area (Å²) in [5, 5.41) is 0. The molecule has 0 N–H and O–H groups in total. The lowest BCUT2D eigenvalue weighted by Gasteiger charge is -2.32. The zero-order chi connectivity index (χ0) is 33.4. The summed E-state index contributed by atoms with van der Waals surface area (Å²) in [6.45, 7) is 3.24. The van der Waals surface area contributed by atoms with Gasteiger partial charge in [0.15, 0.2) is 0 Å². The molecule has 0 spiro atoms. The van der Waals surface area contributed by atoms with Gasteiger partial charge in [0.25, 0.3) is 10.1 Å². The third-order valence-electron chi connectivity index (χ3n) is 8.03. The highest BCUT2D eigenvalue weighted by Gasteiger charge is 2.34. The highest BCUT2D eigenvalue weighted by molar-refractivity contribution is 7.86. The second-order valence-corrected chi connectivity index (χ2v) is 13.9. The normalized spacial score (nSPS) is 13.9. The summed E-state index contributed by atoms with van der Waals surface area (Å²) in [4.78, 5) is 0. The Balaban J connectivity index is 1.72. The highest BCUT2D eigenvalue weighted by Crippen LogP contribution is 2.22. The van der Waals surface area contributed by atoms with E-state index >= 15 is 0 Å². The molecule has 0 bridgehead atoms. The fraction of sp³-hybridized carbons (Fsp3) is 0.500. The van der Waals surface area contributed by atoms with Gasteiger partial charge in [0.05, 0.1) is 38.8 Å². The van der Waals surface area contributed by atoms with Crippen LogP contribution in [0, 0.1) is 0 Å². The quantitative estimate of drug-likeness (QED) is 0.0484. The summed E-state index contributed by atoms with van der Waals surface area (Å²) in [6.07, 6.45) is 16.5. The van der Waals surface area contributed by atoms with E-state index in [1.807, 2.05) is 91.0 Å². The van der Waals surface area contributed by atoms with E-state index in [-0.39, 0.29) is 13.2 Å². The molecular formula is C40H56O6S. The van der Waals surface area contributed by atoms with E-state index in [2.05, 4.69) is 19.1 Å². The Labute approximate surface area is 284 Å². The van der Waals surface area contributed by atoms with Crippen molar-refractivity contribution in [1.82, 2.24) is 0 Å². The minimum atomic E-state index is -3.83. The monoisotopic (exact) mass is 664 g/mol. The zero-order valence-corrected chi connectivity index (χ0v) is 29.3. The number of ether oxygens (including phenoxy) is 3. The second kappa shape index (κ2) is 23.5. The number of rotatable bonds is 26. The molecule has 0 heterocycles. The van der Waals surface area contributed by atoms with E-state index in [4.69, 9.17) is 18.4 Å². The molecular weight excluding hydrogens is 609 g/mol. The lowest BCUT2D eigenvalue weighted by atomic mass is 10.0. The van der Waals surface area contributed by atoms with Gasteiger partial charge >= 0.3 is 0 Å². The number of benzene rings is 3. The van der Waals surface area contributed by atoms with Gasteiger partial charge in [-0.2, -0.15) is 8.42 Å². The average molecular weight is 665 g/mol. The van der Waals surface area contributed by atoms with Crippen LogP contribution in [-0.4, -0.2) is 39.6 Å². The molecule has 0 amide bonds. The smallest absolute Gasteiger partial charge is 0.264 e. The summed E-state index contributed by atoms with van der Waals surface area (Å²) >= 11 is 0. The van der Waals surface area contributed by atoms with Crippen LogP contribution < -0.4 is 0 Å². The van der Waals surface area contributed by atoms with E-state index in [1.165, 1.54) is 51.4 Å². The zero-order valence-electron chi connectivity index (χ0n) is 28.5. The Morgan fingerprint density at radius 3 is 1.62 bits per heavy atom. The summed E-state index contributed by atoms with van der Waals surface area (Å²) in [7, 11) is -3.83. The predicted octanol–water partition coefficient (Wildman–Crippen LogP) is 9.59. The van der Waals surface area contributed by atoms with E-state index < -0.39 is 28.4 Å². The lowest BCUT2D eigenvalue weighted by Crippen LogP contribution is -2.45. The maximum atomic E-state index is 12.5. The topological polar surface area (TPSA) is 71.1 Å². The van der Waals surface area contributed by atoms with Crippen molar-refractivity contribution in [3.05, 3.63) is 120 Å². The summed E-state index contributed by atoms with van der Waals surface area (Å²) in [5.41, 5.74) is 2.99. The molecule has 0 saturated carbocycles. The minimum absolute atomic E-state index is 0.0226. The summed E-state index contributed by atoms with van der Waals surface area (Å²) < 4.78 is 49.9. The van der Waals surface area contributed by atoms with Crippen LogP contribution in [0.2, 0.25) is 0 Å². The predicted molar refractivity (Wildman–Crippen MR) is 191 cm³/mol. The minimum Gasteiger partial charge on any atom is -0.374 e. The van der Waals surface area contributed by atoms with E-state index in [9.17, 15) is 8.42 Å². The standard InChI is InChI=1S/C40H56O6S/c1-3-4-5-6-7-8-9-10-11-12-13-23-30-38(44-32-36-26-19-15-20-27-36)40(45-33-37-28-21-16-22-29-37)39(46-47(2,41)42)34-43-31-35-24-17-14-18-25-35/h13-29,38-40H,3-12,30-34H2,1-2H3/b23-13+/t38-,39-,40-/m1/s1. The molecule has 3 atom stereocenters. The Hall–Kier alpha value is -2.81. The molecule has 0 saturated heterocycles. The number of unbranched alkanes of at least 4 members (excludes halogenated alkanes) is 9. The number of hydrogen-bond donors (Lipinski definition) is 0. The Morgan fingerprint density at radius 1 is 0.596 bits per heavy atom. The molecule has 0 aromatic heterocycles. The third-order valence-corrected chi connectivity index (χ3v) is 8.62. The van der Waals surface area contributed by atoms with Gasteiger partial charge in [-0.25, -0.2) is 0 Å². The van der Waals surface area contributed by atoms with Crippen molar-refractivity contribution in [3.8, 4) is 0 Å². The van der Waals surface area contributed by atoms with Gasteiger partial charge in [-0.15, -0.1) is 0 Å². The van der Waals surface area contributed by atoms with Crippen molar-refractivity contribution in [3.63, 3.8) is 0 Å². The molecule has 0 aliphatic rings. The Morgan fingerprint density at radius 2 is 1.09 bits per heavy atom. The van der Waals surface area contributed by atoms with Gasteiger partial charge in [0.1, 0.15) is 12.2 Å². The van der Waals surface area contributed by atoms with Crippen LogP contribution >= 0.6 is 0 Å². The maximum absolute atomic E-state index is 12.5.